The molecule has 124 valence electrons. The van der Waals surface area contributed by atoms with Gasteiger partial charge in [-0.1, -0.05) is 12.1 Å². The Bertz CT molecular complexity index is 865. The van der Waals surface area contributed by atoms with E-state index in [2.05, 4.69) is 15.5 Å². The molecule has 0 bridgehead atoms. The summed E-state index contributed by atoms with van der Waals surface area (Å²) in [5.41, 5.74) is 1.94. The van der Waals surface area contributed by atoms with E-state index in [1.54, 1.807) is 11.9 Å². The first kappa shape index (κ1) is 15.9. The van der Waals surface area contributed by atoms with Crippen LogP contribution in [-0.2, 0) is 16.8 Å². The highest BCUT2D eigenvalue weighted by Gasteiger charge is 2.42. The summed E-state index contributed by atoms with van der Waals surface area (Å²) in [7, 11) is 1.76. The van der Waals surface area contributed by atoms with E-state index >= 15 is 0 Å². The molecule has 2 aromatic rings. The van der Waals surface area contributed by atoms with E-state index < -0.39 is 5.41 Å². The van der Waals surface area contributed by atoms with Crippen LogP contribution in [0.3, 0.4) is 0 Å². The number of benzene rings is 1. The summed E-state index contributed by atoms with van der Waals surface area (Å²) in [6, 6.07) is 8.33. The summed E-state index contributed by atoms with van der Waals surface area (Å²) in [5.74, 6) is -0.324. The molecule has 3 rings (SSSR count). The van der Waals surface area contributed by atoms with Crippen molar-refractivity contribution in [1.29, 1.82) is 0 Å². The number of carbonyl (C=O) groups is 2. The lowest BCUT2D eigenvalue weighted by Crippen LogP contribution is -2.33. The summed E-state index contributed by atoms with van der Waals surface area (Å²) in [6.45, 7) is 4.09. The largest absolute Gasteiger partial charge is 0.347 e. The van der Waals surface area contributed by atoms with E-state index in [1.807, 2.05) is 32.0 Å². The van der Waals surface area contributed by atoms with E-state index in [4.69, 9.17) is 0 Å². The minimum atomic E-state index is -0.579. The van der Waals surface area contributed by atoms with Gasteiger partial charge >= 0.3 is 0 Å². The Balaban J connectivity index is 1.77. The molecule has 0 radical (unpaired) electrons. The van der Waals surface area contributed by atoms with Crippen molar-refractivity contribution in [3.05, 3.63) is 57.5 Å². The van der Waals surface area contributed by atoms with E-state index in [1.165, 1.54) is 12.1 Å². The normalized spacial score (nSPS) is 15.3. The summed E-state index contributed by atoms with van der Waals surface area (Å²) in [4.78, 5) is 36.9. The zero-order valence-electron chi connectivity index (χ0n) is 13.7. The molecule has 0 aliphatic carbocycles. The lowest BCUT2D eigenvalue weighted by Gasteiger charge is -2.16. The van der Waals surface area contributed by atoms with Crippen LogP contribution in [0, 0.1) is 0 Å². The third-order valence-electron chi connectivity index (χ3n) is 4.30. The van der Waals surface area contributed by atoms with Gasteiger partial charge in [-0.3, -0.25) is 14.4 Å². The highest BCUT2D eigenvalue weighted by molar-refractivity contribution is 6.07. The second-order valence-corrected chi connectivity index (χ2v) is 6.33. The van der Waals surface area contributed by atoms with Crippen molar-refractivity contribution < 1.29 is 9.59 Å². The quantitative estimate of drug-likeness (QED) is 0.878. The molecular formula is C17H18N4O3. The fraction of sp³-hybridized carbons (Fsp3) is 0.294. The molecule has 7 nitrogen and oxygen atoms in total. The minimum Gasteiger partial charge on any atom is -0.347 e. The monoisotopic (exact) mass is 326 g/mol. The molecular weight excluding hydrogens is 308 g/mol. The Morgan fingerprint density at radius 1 is 1.25 bits per heavy atom. The Hall–Kier alpha value is -2.96. The summed E-state index contributed by atoms with van der Waals surface area (Å²) < 4.78 is 0. The third kappa shape index (κ3) is 2.58. The standard InChI is InChI=1S/C17H18N4O3/c1-17(2)11-8-10(4-6-13(11)21(3)16(17)24)9-18-15(23)12-5-7-14(22)20-19-12/h4-8H,9H2,1-3H3,(H,18,23)(H,20,22). The molecule has 1 aromatic heterocycles. The maximum atomic E-state index is 12.3. The second-order valence-electron chi connectivity index (χ2n) is 6.33. The van der Waals surface area contributed by atoms with Gasteiger partial charge in [-0.25, -0.2) is 5.10 Å². The molecule has 0 fully saturated rings. The van der Waals surface area contributed by atoms with Crippen molar-refractivity contribution in [2.24, 2.45) is 0 Å². The lowest BCUT2D eigenvalue weighted by molar-refractivity contribution is -0.121. The molecule has 2 heterocycles. The Morgan fingerprint density at radius 3 is 2.67 bits per heavy atom. The molecule has 1 aliphatic heterocycles. The average molecular weight is 326 g/mol. The minimum absolute atomic E-state index is 0.0520. The molecule has 0 atom stereocenters. The molecule has 24 heavy (non-hydrogen) atoms. The zero-order chi connectivity index (χ0) is 17.5. The number of hydrogen-bond donors (Lipinski definition) is 2. The average Bonchev–Trinajstić information content (AvgIpc) is 2.74. The van der Waals surface area contributed by atoms with Crippen LogP contribution < -0.4 is 15.8 Å². The van der Waals surface area contributed by atoms with Crippen LogP contribution in [0.5, 0.6) is 0 Å². The molecule has 0 saturated heterocycles. The number of nitrogens with zero attached hydrogens (tertiary/aromatic N) is 2. The fourth-order valence-corrected chi connectivity index (χ4v) is 2.87. The molecule has 2 amide bonds. The van der Waals surface area contributed by atoms with Crippen molar-refractivity contribution in [2.75, 3.05) is 11.9 Å². The van der Waals surface area contributed by atoms with Crippen LogP contribution in [0.1, 0.15) is 35.5 Å². The molecule has 0 saturated carbocycles. The first-order chi connectivity index (χ1) is 11.3. The van der Waals surface area contributed by atoms with Crippen LogP contribution in [0.2, 0.25) is 0 Å². The van der Waals surface area contributed by atoms with Crippen LogP contribution in [0.25, 0.3) is 0 Å². The van der Waals surface area contributed by atoms with Gasteiger partial charge in [0.15, 0.2) is 0 Å². The topological polar surface area (TPSA) is 95.2 Å². The SMILES string of the molecule is CN1C(=O)C(C)(C)c2cc(CNC(=O)c3ccc(=O)[nH]n3)ccc21. The van der Waals surface area contributed by atoms with Crippen molar-refractivity contribution in [3.8, 4) is 0 Å². The summed E-state index contributed by atoms with van der Waals surface area (Å²) >= 11 is 0. The number of carbonyl (C=O) groups excluding carboxylic acids is 2. The zero-order valence-corrected chi connectivity index (χ0v) is 13.7. The van der Waals surface area contributed by atoms with Crippen molar-refractivity contribution >= 4 is 17.5 Å². The summed E-state index contributed by atoms with van der Waals surface area (Å²) in [6.07, 6.45) is 0. The molecule has 2 N–H and O–H groups in total. The van der Waals surface area contributed by atoms with E-state index in [0.29, 0.717) is 6.54 Å². The maximum Gasteiger partial charge on any atom is 0.271 e. The van der Waals surface area contributed by atoms with Crippen LogP contribution in [0.4, 0.5) is 5.69 Å². The van der Waals surface area contributed by atoms with Gasteiger partial charge in [-0.05, 0) is 37.1 Å². The number of amides is 2. The number of H-pyrrole nitrogens is 1. The van der Waals surface area contributed by atoms with Crippen LogP contribution in [0.15, 0.2) is 35.1 Å². The van der Waals surface area contributed by atoms with E-state index in [0.717, 1.165) is 16.8 Å². The van der Waals surface area contributed by atoms with Gasteiger partial charge in [0, 0.05) is 25.3 Å². The van der Waals surface area contributed by atoms with Crippen LogP contribution >= 0.6 is 0 Å². The maximum absolute atomic E-state index is 12.3. The Labute approximate surface area is 138 Å². The number of aromatic nitrogens is 2. The van der Waals surface area contributed by atoms with Gasteiger partial charge in [-0.15, -0.1) is 0 Å². The van der Waals surface area contributed by atoms with E-state index in [-0.39, 0.29) is 23.1 Å². The van der Waals surface area contributed by atoms with Crippen LogP contribution in [-0.4, -0.2) is 29.1 Å². The van der Waals surface area contributed by atoms with Gasteiger partial charge in [0.25, 0.3) is 11.5 Å². The number of rotatable bonds is 3. The smallest absolute Gasteiger partial charge is 0.271 e. The van der Waals surface area contributed by atoms with E-state index in [9.17, 15) is 14.4 Å². The number of hydrogen-bond acceptors (Lipinski definition) is 4. The predicted molar refractivity (Wildman–Crippen MR) is 88.9 cm³/mol. The first-order valence-electron chi connectivity index (χ1n) is 7.56. The predicted octanol–water partition coefficient (Wildman–Crippen LogP) is 0.954. The van der Waals surface area contributed by atoms with Crippen molar-refractivity contribution in [3.63, 3.8) is 0 Å². The number of aromatic amines is 1. The highest BCUT2D eigenvalue weighted by Crippen LogP contribution is 2.40. The van der Waals surface area contributed by atoms with Crippen molar-refractivity contribution in [2.45, 2.75) is 25.8 Å². The first-order valence-corrected chi connectivity index (χ1v) is 7.56. The fourth-order valence-electron chi connectivity index (χ4n) is 2.87. The third-order valence-corrected chi connectivity index (χ3v) is 4.30. The number of likely N-dealkylation sites (N-methyl/N-ethyl adjacent to an activating group) is 1. The molecule has 1 aliphatic rings. The molecule has 0 unspecified atom stereocenters. The van der Waals surface area contributed by atoms with Crippen molar-refractivity contribution in [1.82, 2.24) is 15.5 Å². The van der Waals surface area contributed by atoms with Gasteiger partial charge in [0.05, 0.1) is 5.41 Å². The molecule has 1 aromatic carbocycles. The highest BCUT2D eigenvalue weighted by atomic mass is 16.2. The number of anilines is 1. The van der Waals surface area contributed by atoms with Gasteiger partial charge in [0.2, 0.25) is 5.91 Å². The molecule has 7 heteroatoms. The Kier molecular flexibility index (Phi) is 3.71. The summed E-state index contributed by atoms with van der Waals surface area (Å²) in [5, 5.41) is 8.67. The number of nitrogens with one attached hydrogen (secondary N) is 2. The second kappa shape index (κ2) is 5.59. The Morgan fingerprint density at radius 2 is 2.00 bits per heavy atom. The molecule has 0 spiro atoms. The van der Waals surface area contributed by atoms with Gasteiger partial charge < -0.3 is 10.2 Å². The lowest BCUT2D eigenvalue weighted by atomic mass is 9.85. The van der Waals surface area contributed by atoms with Gasteiger partial charge in [0.1, 0.15) is 5.69 Å². The number of fused-ring (bicyclic) bond motifs is 1. The van der Waals surface area contributed by atoms with Gasteiger partial charge in [-0.2, -0.15) is 5.10 Å².